The van der Waals surface area contributed by atoms with E-state index < -0.39 is 0 Å². The normalized spacial score (nSPS) is 8.36. The van der Waals surface area contributed by atoms with Crippen LogP contribution in [0, 0.1) is 0 Å². The van der Waals surface area contributed by atoms with Crippen molar-refractivity contribution in [2.45, 2.75) is 0 Å². The summed E-state index contributed by atoms with van der Waals surface area (Å²) in [5.41, 5.74) is 13.7. The molecule has 0 bridgehead atoms. The van der Waals surface area contributed by atoms with Gasteiger partial charge in [-0.25, -0.2) is 0 Å². The van der Waals surface area contributed by atoms with E-state index >= 15 is 0 Å². The Bertz CT molecular complexity index is 124. The molecule has 11 heavy (non-hydrogen) atoms. The molecule has 2 N–H and O–H groups in total. The molecule has 0 aliphatic rings. The fourth-order valence-corrected chi connectivity index (χ4v) is 1.81. The monoisotopic (exact) mass is 274 g/mol. The Morgan fingerprint density at radius 3 is 1.45 bits per heavy atom. The summed E-state index contributed by atoms with van der Waals surface area (Å²) in [7, 11) is 0. The van der Waals surface area contributed by atoms with Crippen LogP contribution in [0.25, 0.3) is 11.5 Å². The summed E-state index contributed by atoms with van der Waals surface area (Å²) < 4.78 is 0.410. The van der Waals surface area contributed by atoms with Gasteiger partial charge in [-0.15, -0.1) is 23.5 Å². The molecule has 0 saturated carbocycles. The third-order valence-corrected chi connectivity index (χ3v) is 2.86. The van der Waals surface area contributed by atoms with Crippen LogP contribution in [0.4, 0.5) is 0 Å². The Hall–Kier alpha value is 1.10. The molecule has 0 fully saturated rings. The zero-order chi connectivity index (χ0) is 7.98. The van der Waals surface area contributed by atoms with Gasteiger partial charge in [0.15, 0.2) is 0 Å². The number of hydrogen-bond donors (Lipinski definition) is 0. The van der Waals surface area contributed by atoms with Gasteiger partial charge >= 0.3 is 19.5 Å². The van der Waals surface area contributed by atoms with Crippen LogP contribution in [0.15, 0.2) is 0 Å². The van der Waals surface area contributed by atoms with Crippen LogP contribution in [0.1, 0.15) is 0 Å². The van der Waals surface area contributed by atoms with E-state index in [0.29, 0.717) is 0 Å². The second kappa shape index (κ2) is 9.19. The van der Waals surface area contributed by atoms with E-state index in [1.165, 1.54) is 23.5 Å². The Kier molecular flexibility index (Phi) is 12.2. The first-order valence-corrected chi connectivity index (χ1v) is 5.18. The number of hydrogen-bond acceptors (Lipinski definition) is 4. The summed E-state index contributed by atoms with van der Waals surface area (Å²) in [6, 6.07) is 0. The number of rotatable bonds is 3. The zero-order valence-corrected chi connectivity index (χ0v) is 12.0. The van der Waals surface area contributed by atoms with Crippen LogP contribution < -0.4 is 0 Å². The van der Waals surface area contributed by atoms with Crippen LogP contribution >= 0.6 is 48.0 Å². The van der Waals surface area contributed by atoms with Crippen LogP contribution in [-0.4, -0.2) is 20.1 Å². The van der Waals surface area contributed by atoms with Crippen molar-refractivity contribution in [3.63, 3.8) is 0 Å². The van der Waals surface area contributed by atoms with E-state index in [1.54, 1.807) is 0 Å². The first kappa shape index (κ1) is 14.6. The van der Waals surface area contributed by atoms with Crippen molar-refractivity contribution in [2.75, 3.05) is 11.5 Å². The molecule has 0 unspecified atom stereocenters. The number of nitrogens with one attached hydrogen (secondary N) is 2. The minimum atomic E-state index is 0. The summed E-state index contributed by atoms with van der Waals surface area (Å²) in [5, 5.41) is 0. The average Bonchev–Trinajstić information content (AvgIpc) is 1.79. The van der Waals surface area contributed by atoms with Gasteiger partial charge in [-0.1, -0.05) is 24.4 Å². The van der Waals surface area contributed by atoms with Gasteiger partial charge in [-0.05, 0) is 8.64 Å². The van der Waals surface area contributed by atoms with E-state index in [4.69, 9.17) is 11.5 Å². The third-order valence-electron chi connectivity index (χ3n) is 0.550. The molecule has 0 heterocycles. The molecule has 0 radical (unpaired) electrons. The van der Waals surface area contributed by atoms with E-state index in [9.17, 15) is 0 Å². The molecule has 0 aliphatic carbocycles. The van der Waals surface area contributed by atoms with E-state index in [2.05, 4.69) is 24.4 Å². The van der Waals surface area contributed by atoms with Crippen LogP contribution in [0.2, 0.25) is 0 Å². The smallest absolute Gasteiger partial charge is 0.684 e. The van der Waals surface area contributed by atoms with Gasteiger partial charge in [0, 0.05) is 11.5 Å². The maximum absolute atomic E-state index is 6.87. The van der Waals surface area contributed by atoms with Gasteiger partial charge in [0.2, 0.25) is 0 Å². The predicted octanol–water partition coefficient (Wildman–Crippen LogP) is 3.12. The summed E-state index contributed by atoms with van der Waals surface area (Å²) in [6.45, 7) is 0. The second-order valence-electron chi connectivity index (χ2n) is 1.27. The van der Waals surface area contributed by atoms with Gasteiger partial charge in [-0.3, -0.25) is 0 Å². The predicted molar refractivity (Wildman–Crippen MR) is 58.8 cm³/mol. The minimum absolute atomic E-state index is 0. The van der Waals surface area contributed by atoms with Crippen molar-refractivity contribution >= 4 is 56.6 Å². The zero-order valence-electron chi connectivity index (χ0n) is 5.75. The molecular weight excluding hydrogens is 270 g/mol. The average molecular weight is 276 g/mol. The Morgan fingerprint density at radius 2 is 1.27 bits per heavy atom. The fraction of sp³-hybridized carbons (Fsp3) is 0.500. The molecular formula is C4H6N2S4Zn. The quantitative estimate of drug-likeness (QED) is 0.451. The molecule has 0 rings (SSSR count). The van der Waals surface area contributed by atoms with Gasteiger partial charge in [-0.2, -0.15) is 0 Å². The van der Waals surface area contributed by atoms with Crippen molar-refractivity contribution < 1.29 is 19.5 Å². The van der Waals surface area contributed by atoms with Crippen LogP contribution in [0.3, 0.4) is 0 Å². The Labute approximate surface area is 98.4 Å². The summed E-state index contributed by atoms with van der Waals surface area (Å²) in [4.78, 5) is 0. The van der Waals surface area contributed by atoms with Crippen molar-refractivity contribution in [3.05, 3.63) is 11.5 Å². The molecule has 0 atom stereocenters. The first-order valence-electron chi connectivity index (χ1n) is 2.39. The molecule has 0 spiro atoms. The molecule has 0 aromatic heterocycles. The minimum Gasteiger partial charge on any atom is -0.684 e. The van der Waals surface area contributed by atoms with Gasteiger partial charge in [0.05, 0.1) is 0 Å². The maximum Gasteiger partial charge on any atom is 2.00 e. The van der Waals surface area contributed by atoms with Crippen molar-refractivity contribution in [1.82, 2.24) is 0 Å². The van der Waals surface area contributed by atoms with Crippen molar-refractivity contribution in [1.29, 1.82) is 0 Å². The molecule has 7 heteroatoms. The number of thioether (sulfide) groups is 2. The Morgan fingerprint density at radius 1 is 1.00 bits per heavy atom. The molecule has 0 aliphatic heterocycles. The third kappa shape index (κ3) is 14.0. The summed E-state index contributed by atoms with van der Waals surface area (Å²) >= 11 is 11.6. The second-order valence-corrected chi connectivity index (χ2v) is 4.82. The van der Waals surface area contributed by atoms with E-state index in [0.717, 1.165) is 11.5 Å². The van der Waals surface area contributed by atoms with Gasteiger partial charge < -0.3 is 11.5 Å². The molecule has 0 saturated heterocycles. The summed E-state index contributed by atoms with van der Waals surface area (Å²) in [6.07, 6.45) is 0. The van der Waals surface area contributed by atoms with Crippen LogP contribution in [-0.2, 0) is 19.5 Å². The molecule has 58 valence electrons. The molecule has 0 aromatic rings. The van der Waals surface area contributed by atoms with Gasteiger partial charge in [0.1, 0.15) is 0 Å². The Balaban J connectivity index is 0. The standard InChI is InChI=1S/C4H8N2S4.Zn/c5-3(7)9-1-2-10-4(6)8;/h1-2H2,(H4,5,6,7,8);/q;+2/p-2. The SMILES string of the molecule is [NH-]C(=S)SCCSC([NH-])=S.[Zn+2]. The van der Waals surface area contributed by atoms with E-state index in [-0.39, 0.29) is 28.1 Å². The van der Waals surface area contributed by atoms with Gasteiger partial charge in [0.25, 0.3) is 0 Å². The molecule has 0 amide bonds. The van der Waals surface area contributed by atoms with Crippen LogP contribution in [0.5, 0.6) is 0 Å². The fourth-order valence-electron chi connectivity index (χ4n) is 0.269. The maximum atomic E-state index is 6.87. The first-order chi connectivity index (χ1) is 4.63. The largest absolute Gasteiger partial charge is 2.00 e. The van der Waals surface area contributed by atoms with E-state index in [1.807, 2.05) is 0 Å². The molecule has 0 aromatic carbocycles. The summed E-state index contributed by atoms with van der Waals surface area (Å²) in [5.74, 6) is 1.54. The topological polar surface area (TPSA) is 47.6 Å². The van der Waals surface area contributed by atoms with Crippen molar-refractivity contribution in [2.24, 2.45) is 0 Å². The molecule has 2 nitrogen and oxygen atoms in total. The van der Waals surface area contributed by atoms with Crippen molar-refractivity contribution in [3.8, 4) is 0 Å². The number of thiocarbonyl (C=S) groups is 2.